The maximum absolute atomic E-state index is 12.1. The quantitative estimate of drug-likeness (QED) is 0.0923. The minimum Gasteiger partial charge on any atom is -0.397 e. The second kappa shape index (κ2) is 26.3. The highest BCUT2D eigenvalue weighted by molar-refractivity contribution is 6.78. The summed E-state index contributed by atoms with van der Waals surface area (Å²) in [6.07, 6.45) is 22.7. The third-order valence-electron chi connectivity index (χ3n) is 9.23. The molecule has 0 radical (unpaired) electrons. The fourth-order valence-electron chi connectivity index (χ4n) is 5.72. The summed E-state index contributed by atoms with van der Waals surface area (Å²) in [6.45, 7) is 21.9. The van der Waals surface area contributed by atoms with Crippen LogP contribution in [0, 0.1) is 0 Å². The van der Waals surface area contributed by atoms with Crippen molar-refractivity contribution in [2.45, 2.75) is 173 Å². The van der Waals surface area contributed by atoms with Crippen LogP contribution in [-0.2, 0) is 9.59 Å². The van der Waals surface area contributed by atoms with E-state index in [1.54, 1.807) is 6.92 Å². The largest absolute Gasteiger partial charge is 0.397 e. The van der Waals surface area contributed by atoms with Crippen molar-refractivity contribution in [3.05, 3.63) is 12.7 Å². The van der Waals surface area contributed by atoms with Gasteiger partial charge in [-0.3, -0.25) is 9.59 Å². The average Bonchev–Trinajstić information content (AvgIpc) is 2.96. The molecule has 0 unspecified atom stereocenters. The Bertz CT molecular complexity index is 695. The van der Waals surface area contributed by atoms with Crippen LogP contribution in [0.2, 0.25) is 50.4 Å². The van der Waals surface area contributed by atoms with E-state index in [0.717, 1.165) is 58.3 Å². The monoisotopic (exact) mass is 639 g/mol. The number of carbonyl (C=O) groups excluding carboxylic acids is 2. The lowest BCUT2D eigenvalue weighted by Crippen LogP contribution is -2.45. The van der Waals surface area contributed by atoms with Gasteiger partial charge >= 0.3 is 0 Å². The van der Waals surface area contributed by atoms with E-state index in [4.69, 9.17) is 5.11 Å². The standard InChI is InChI=1S/C17H35NOSi.C17H33NOSi.C2H6O/c2*1-4-5-6-7-8-9-10-11-12-17(19)18-13-15-20(2,3)16-14-18;1-2-3/h4-16H2,1-3H3;4H,1,5-16H2,2-3H3;3H,2H2,1H3. The first-order chi connectivity index (χ1) is 20.5. The molecular formula is C36H74N2O3Si2. The van der Waals surface area contributed by atoms with Crippen LogP contribution in [0.4, 0.5) is 0 Å². The van der Waals surface area contributed by atoms with E-state index >= 15 is 0 Å². The molecule has 7 heteroatoms. The molecule has 43 heavy (non-hydrogen) atoms. The maximum Gasteiger partial charge on any atom is 0.222 e. The normalized spacial score (nSPS) is 17.3. The molecule has 254 valence electrons. The Morgan fingerprint density at radius 2 is 0.907 bits per heavy atom. The summed E-state index contributed by atoms with van der Waals surface area (Å²) < 4.78 is 0. The molecule has 0 saturated carbocycles. The number of unbranched alkanes of at least 4 members (excludes halogenated alkanes) is 13. The molecule has 2 aliphatic rings. The van der Waals surface area contributed by atoms with Crippen molar-refractivity contribution in [1.29, 1.82) is 0 Å². The molecule has 0 aliphatic carbocycles. The van der Waals surface area contributed by atoms with E-state index in [-0.39, 0.29) is 6.61 Å². The predicted molar refractivity (Wildman–Crippen MR) is 194 cm³/mol. The van der Waals surface area contributed by atoms with Crippen molar-refractivity contribution in [2.24, 2.45) is 0 Å². The van der Waals surface area contributed by atoms with Crippen molar-refractivity contribution in [3.8, 4) is 0 Å². The van der Waals surface area contributed by atoms with Gasteiger partial charge < -0.3 is 14.9 Å². The van der Waals surface area contributed by atoms with Gasteiger partial charge in [0, 0.05) is 45.6 Å². The molecule has 0 atom stereocenters. The molecule has 2 fully saturated rings. The lowest BCUT2D eigenvalue weighted by atomic mass is 10.1. The van der Waals surface area contributed by atoms with Gasteiger partial charge in [0.05, 0.1) is 16.1 Å². The second-order valence-electron chi connectivity index (χ2n) is 14.6. The summed E-state index contributed by atoms with van der Waals surface area (Å²) in [5.74, 6) is 0.821. The molecule has 0 aromatic heterocycles. The summed E-state index contributed by atoms with van der Waals surface area (Å²) in [5.41, 5.74) is 0. The second-order valence-corrected chi connectivity index (χ2v) is 25.2. The zero-order chi connectivity index (χ0) is 32.4. The molecule has 0 bridgehead atoms. The molecule has 1 N–H and O–H groups in total. The average molecular weight is 639 g/mol. The van der Waals surface area contributed by atoms with Crippen LogP contribution in [0.25, 0.3) is 0 Å². The molecule has 2 heterocycles. The highest BCUT2D eigenvalue weighted by Crippen LogP contribution is 2.24. The van der Waals surface area contributed by atoms with Gasteiger partial charge in [-0.25, -0.2) is 0 Å². The summed E-state index contributed by atoms with van der Waals surface area (Å²) in [4.78, 5) is 28.5. The molecule has 5 nitrogen and oxygen atoms in total. The lowest BCUT2D eigenvalue weighted by molar-refractivity contribution is -0.132. The summed E-state index contributed by atoms with van der Waals surface area (Å²) in [6, 6.07) is 5.19. The summed E-state index contributed by atoms with van der Waals surface area (Å²) >= 11 is 0. The van der Waals surface area contributed by atoms with Crippen LogP contribution >= 0.6 is 0 Å². The highest BCUT2D eigenvalue weighted by atomic mass is 28.3. The zero-order valence-electron chi connectivity index (χ0n) is 29.8. The van der Waals surface area contributed by atoms with Gasteiger partial charge in [-0.05, 0) is 56.8 Å². The van der Waals surface area contributed by atoms with E-state index in [0.29, 0.717) is 11.8 Å². The zero-order valence-corrected chi connectivity index (χ0v) is 31.8. The highest BCUT2D eigenvalue weighted by Gasteiger charge is 2.30. The molecule has 0 spiro atoms. The lowest BCUT2D eigenvalue weighted by Gasteiger charge is -2.35. The van der Waals surface area contributed by atoms with E-state index in [1.165, 1.54) is 101 Å². The van der Waals surface area contributed by atoms with E-state index < -0.39 is 16.1 Å². The Morgan fingerprint density at radius 3 is 1.23 bits per heavy atom. The Balaban J connectivity index is 0.000000751. The summed E-state index contributed by atoms with van der Waals surface area (Å²) in [5, 5.41) is 7.57. The first-order valence-electron chi connectivity index (χ1n) is 18.3. The Morgan fingerprint density at radius 1 is 0.605 bits per heavy atom. The maximum atomic E-state index is 12.1. The van der Waals surface area contributed by atoms with Crippen LogP contribution in [-0.4, -0.2) is 75.7 Å². The van der Waals surface area contributed by atoms with Crippen molar-refractivity contribution < 1.29 is 14.7 Å². The number of carbonyl (C=O) groups is 2. The molecule has 2 rings (SSSR count). The van der Waals surface area contributed by atoms with Gasteiger partial charge in [-0.1, -0.05) is 110 Å². The van der Waals surface area contributed by atoms with Crippen molar-refractivity contribution in [1.82, 2.24) is 9.80 Å². The minimum atomic E-state index is -0.939. The number of hydrogen-bond donors (Lipinski definition) is 1. The molecule has 0 aromatic rings. The number of amides is 2. The topological polar surface area (TPSA) is 60.9 Å². The van der Waals surface area contributed by atoms with E-state index in [1.807, 2.05) is 6.08 Å². The first kappa shape index (κ1) is 42.1. The van der Waals surface area contributed by atoms with Crippen LogP contribution in [0.3, 0.4) is 0 Å². The van der Waals surface area contributed by atoms with Gasteiger partial charge in [-0.15, -0.1) is 6.58 Å². The molecule has 2 aliphatic heterocycles. The SMILES string of the molecule is C=CCCCCCCCCC(=O)N1CC[Si](C)(C)CC1.CCCCCCCCCCC(=O)N1CC[Si](C)(C)CC1.CCO. The van der Waals surface area contributed by atoms with Crippen molar-refractivity contribution in [2.75, 3.05) is 32.8 Å². The molecule has 2 amide bonds. The fraction of sp³-hybridized carbons (Fsp3) is 0.889. The first-order valence-corrected chi connectivity index (χ1v) is 25.1. The molecule has 0 aromatic carbocycles. The molecular weight excluding hydrogens is 565 g/mol. The van der Waals surface area contributed by atoms with Gasteiger partial charge in [-0.2, -0.15) is 0 Å². The minimum absolute atomic E-state index is 0.250. The molecule has 2 saturated heterocycles. The Hall–Kier alpha value is -0.926. The Kier molecular flexibility index (Phi) is 25.7. The number of allylic oxidation sites excluding steroid dienone is 1. The Labute approximate surface area is 270 Å². The van der Waals surface area contributed by atoms with Gasteiger partial charge in [0.15, 0.2) is 0 Å². The predicted octanol–water partition coefficient (Wildman–Crippen LogP) is 9.91. The van der Waals surface area contributed by atoms with Gasteiger partial charge in [0.25, 0.3) is 0 Å². The fourth-order valence-corrected chi connectivity index (χ4v) is 9.72. The van der Waals surface area contributed by atoms with Crippen molar-refractivity contribution in [3.63, 3.8) is 0 Å². The number of hydrogen-bond acceptors (Lipinski definition) is 3. The van der Waals surface area contributed by atoms with Crippen LogP contribution < -0.4 is 0 Å². The van der Waals surface area contributed by atoms with Gasteiger partial charge in [0.2, 0.25) is 11.8 Å². The third-order valence-corrected chi connectivity index (χ3v) is 15.5. The number of rotatable bonds is 18. The van der Waals surface area contributed by atoms with E-state index in [2.05, 4.69) is 49.5 Å². The van der Waals surface area contributed by atoms with Gasteiger partial charge in [0.1, 0.15) is 0 Å². The number of aliphatic hydroxyl groups excluding tert-OH is 1. The smallest absolute Gasteiger partial charge is 0.222 e. The van der Waals surface area contributed by atoms with Crippen LogP contribution in [0.15, 0.2) is 12.7 Å². The van der Waals surface area contributed by atoms with Crippen LogP contribution in [0.1, 0.15) is 123 Å². The summed E-state index contributed by atoms with van der Waals surface area (Å²) in [7, 11) is -1.87. The van der Waals surface area contributed by atoms with Crippen LogP contribution in [0.5, 0.6) is 0 Å². The number of aliphatic hydroxyl groups is 1. The third kappa shape index (κ3) is 24.0. The number of nitrogens with zero attached hydrogens (tertiary/aromatic N) is 2. The van der Waals surface area contributed by atoms with Crippen molar-refractivity contribution >= 4 is 28.0 Å². The van der Waals surface area contributed by atoms with E-state index in [9.17, 15) is 9.59 Å².